The van der Waals surface area contributed by atoms with Crippen molar-refractivity contribution in [3.05, 3.63) is 0 Å². The van der Waals surface area contributed by atoms with Crippen LogP contribution in [0.1, 0.15) is 73.1 Å². The summed E-state index contributed by atoms with van der Waals surface area (Å²) < 4.78 is 5.43. The third-order valence-corrected chi connectivity index (χ3v) is 6.97. The van der Waals surface area contributed by atoms with Crippen LogP contribution >= 0.6 is 0 Å². The van der Waals surface area contributed by atoms with Gasteiger partial charge in [0.15, 0.2) is 0 Å². The van der Waals surface area contributed by atoms with E-state index in [9.17, 15) is 4.79 Å². The zero-order chi connectivity index (χ0) is 21.0. The number of carbonyl (C=O) groups is 1. The van der Waals surface area contributed by atoms with Gasteiger partial charge in [0.2, 0.25) is 0 Å². The summed E-state index contributed by atoms with van der Waals surface area (Å²) in [6, 6.07) is 2.93. The normalized spacial score (nSPS) is 30.0. The standard InChI is InChI=1S/C14H26N2O2.C9H18N2/c1-11-10-15(13(17)18-14(2,3)4)8-9-16(11)12-6-5-7-12;1-8-7-10-5-6-11(8)9-3-2-4-9/h11-12H,5-10H2,1-4H3;8-10H,2-7H2,1H3/t11-;8-/m00/s1. The van der Waals surface area contributed by atoms with Crippen molar-refractivity contribution < 1.29 is 9.53 Å². The van der Waals surface area contributed by atoms with Crippen molar-refractivity contribution >= 4 is 6.09 Å². The molecule has 0 unspecified atom stereocenters. The number of rotatable bonds is 2. The molecule has 2 aliphatic carbocycles. The largest absolute Gasteiger partial charge is 0.444 e. The van der Waals surface area contributed by atoms with Crippen molar-refractivity contribution in [1.29, 1.82) is 0 Å². The fourth-order valence-electron chi connectivity index (χ4n) is 4.84. The van der Waals surface area contributed by atoms with E-state index in [-0.39, 0.29) is 6.09 Å². The summed E-state index contributed by atoms with van der Waals surface area (Å²) in [5.74, 6) is 0. The molecule has 6 nitrogen and oxygen atoms in total. The second kappa shape index (κ2) is 9.97. The number of amides is 1. The zero-order valence-corrected chi connectivity index (χ0v) is 19.5. The molecule has 0 bridgehead atoms. The topological polar surface area (TPSA) is 48.1 Å². The molecule has 168 valence electrons. The summed E-state index contributed by atoms with van der Waals surface area (Å²) in [6.45, 7) is 16.5. The summed E-state index contributed by atoms with van der Waals surface area (Å²) in [5, 5.41) is 3.43. The van der Waals surface area contributed by atoms with Gasteiger partial charge in [-0.05, 0) is 60.3 Å². The number of carbonyl (C=O) groups excluding carboxylic acids is 1. The Balaban J connectivity index is 0.000000186. The SMILES string of the molecule is C[C@H]1CN(C(=O)OC(C)(C)C)CCN1C1CCC1.C[C@H]1CNCCN1C1CCC1. The van der Waals surface area contributed by atoms with Gasteiger partial charge in [0.05, 0.1) is 0 Å². The van der Waals surface area contributed by atoms with Crippen molar-refractivity contribution in [3.63, 3.8) is 0 Å². The molecule has 1 N–H and O–H groups in total. The van der Waals surface area contributed by atoms with Gasteiger partial charge in [-0.2, -0.15) is 0 Å². The third kappa shape index (κ3) is 6.31. The highest BCUT2D eigenvalue weighted by Gasteiger charge is 2.35. The molecule has 2 aliphatic heterocycles. The van der Waals surface area contributed by atoms with Gasteiger partial charge in [-0.25, -0.2) is 4.79 Å². The molecule has 0 radical (unpaired) electrons. The van der Waals surface area contributed by atoms with Crippen LogP contribution in [0.15, 0.2) is 0 Å². The predicted octanol–water partition coefficient (Wildman–Crippen LogP) is 3.31. The molecule has 4 rings (SSSR count). The molecule has 0 aromatic carbocycles. The maximum Gasteiger partial charge on any atom is 0.410 e. The Kier molecular flexibility index (Phi) is 7.85. The van der Waals surface area contributed by atoms with E-state index in [2.05, 4.69) is 29.0 Å². The van der Waals surface area contributed by atoms with Gasteiger partial charge in [-0.1, -0.05) is 12.8 Å². The van der Waals surface area contributed by atoms with Crippen LogP contribution in [0.2, 0.25) is 0 Å². The Morgan fingerprint density at radius 2 is 1.48 bits per heavy atom. The lowest BCUT2D eigenvalue weighted by Gasteiger charge is -2.46. The zero-order valence-electron chi connectivity index (χ0n) is 19.5. The highest BCUT2D eigenvalue weighted by atomic mass is 16.6. The molecular weight excluding hydrogens is 364 g/mol. The average Bonchev–Trinajstić information content (AvgIpc) is 2.54. The fraction of sp³-hybridized carbons (Fsp3) is 0.957. The maximum absolute atomic E-state index is 12.0. The van der Waals surface area contributed by atoms with E-state index in [0.29, 0.717) is 6.04 Å². The van der Waals surface area contributed by atoms with Crippen LogP contribution in [0.4, 0.5) is 4.79 Å². The first kappa shape index (κ1) is 22.8. The van der Waals surface area contributed by atoms with Crippen molar-refractivity contribution in [3.8, 4) is 0 Å². The van der Waals surface area contributed by atoms with Crippen LogP contribution in [0.25, 0.3) is 0 Å². The molecule has 2 saturated heterocycles. The highest BCUT2D eigenvalue weighted by molar-refractivity contribution is 5.68. The number of piperazine rings is 2. The van der Waals surface area contributed by atoms with E-state index >= 15 is 0 Å². The molecule has 2 atom stereocenters. The lowest BCUT2D eigenvalue weighted by atomic mass is 9.90. The number of hydrogen-bond acceptors (Lipinski definition) is 5. The lowest BCUT2D eigenvalue weighted by Crippen LogP contribution is -2.58. The lowest BCUT2D eigenvalue weighted by molar-refractivity contribution is -0.0112. The molecule has 0 spiro atoms. The quantitative estimate of drug-likeness (QED) is 0.760. The van der Waals surface area contributed by atoms with Gasteiger partial charge in [-0.15, -0.1) is 0 Å². The fourth-order valence-corrected chi connectivity index (χ4v) is 4.84. The Morgan fingerprint density at radius 1 is 0.897 bits per heavy atom. The van der Waals surface area contributed by atoms with E-state index in [4.69, 9.17) is 4.74 Å². The first-order valence-corrected chi connectivity index (χ1v) is 11.9. The van der Waals surface area contributed by atoms with Crippen LogP contribution in [0.5, 0.6) is 0 Å². The summed E-state index contributed by atoms with van der Waals surface area (Å²) in [5.41, 5.74) is -0.397. The molecule has 0 aromatic heterocycles. The molecule has 4 fully saturated rings. The van der Waals surface area contributed by atoms with Gasteiger partial charge >= 0.3 is 6.09 Å². The summed E-state index contributed by atoms with van der Waals surface area (Å²) in [6.07, 6.45) is 8.22. The first-order valence-electron chi connectivity index (χ1n) is 11.9. The summed E-state index contributed by atoms with van der Waals surface area (Å²) in [4.78, 5) is 19.1. The van der Waals surface area contributed by atoms with Gasteiger partial charge in [0.25, 0.3) is 0 Å². The smallest absolute Gasteiger partial charge is 0.410 e. The summed E-state index contributed by atoms with van der Waals surface area (Å²) in [7, 11) is 0. The number of hydrogen-bond donors (Lipinski definition) is 1. The second-order valence-electron chi connectivity index (χ2n) is 10.5. The Hall–Kier alpha value is -0.850. The van der Waals surface area contributed by atoms with Crippen LogP contribution in [0, 0.1) is 0 Å². The molecule has 2 saturated carbocycles. The minimum atomic E-state index is -0.397. The molecule has 4 aliphatic rings. The number of nitrogens with one attached hydrogen (secondary N) is 1. The van der Waals surface area contributed by atoms with Gasteiger partial charge in [-0.3, -0.25) is 9.80 Å². The summed E-state index contributed by atoms with van der Waals surface area (Å²) >= 11 is 0. The molecular formula is C23H44N4O2. The maximum atomic E-state index is 12.0. The van der Waals surface area contributed by atoms with Gasteiger partial charge in [0, 0.05) is 63.4 Å². The third-order valence-electron chi connectivity index (χ3n) is 6.97. The van der Waals surface area contributed by atoms with E-state index in [1.807, 2.05) is 25.7 Å². The van der Waals surface area contributed by atoms with Crippen LogP contribution in [-0.2, 0) is 4.74 Å². The van der Waals surface area contributed by atoms with E-state index < -0.39 is 5.60 Å². The van der Waals surface area contributed by atoms with Crippen molar-refractivity contribution in [2.24, 2.45) is 0 Å². The molecule has 0 aromatic rings. The number of nitrogens with zero attached hydrogens (tertiary/aromatic N) is 3. The van der Waals surface area contributed by atoms with Crippen molar-refractivity contribution in [2.75, 3.05) is 39.3 Å². The minimum absolute atomic E-state index is 0.164. The van der Waals surface area contributed by atoms with Crippen LogP contribution in [0.3, 0.4) is 0 Å². The number of ether oxygens (including phenoxy) is 1. The molecule has 6 heteroatoms. The highest BCUT2D eigenvalue weighted by Crippen LogP contribution is 2.28. The molecule has 1 amide bonds. The molecule has 2 heterocycles. The van der Waals surface area contributed by atoms with E-state index in [1.165, 1.54) is 58.2 Å². The monoisotopic (exact) mass is 408 g/mol. The van der Waals surface area contributed by atoms with Crippen LogP contribution < -0.4 is 5.32 Å². The van der Waals surface area contributed by atoms with Gasteiger partial charge in [0.1, 0.15) is 5.60 Å². The van der Waals surface area contributed by atoms with Crippen LogP contribution in [-0.4, -0.2) is 89.8 Å². The Bertz CT molecular complexity index is 525. The first-order chi connectivity index (χ1) is 13.7. The van der Waals surface area contributed by atoms with E-state index in [0.717, 1.165) is 37.8 Å². The Morgan fingerprint density at radius 3 is 1.93 bits per heavy atom. The van der Waals surface area contributed by atoms with Crippen molar-refractivity contribution in [1.82, 2.24) is 20.0 Å². The minimum Gasteiger partial charge on any atom is -0.444 e. The average molecular weight is 409 g/mol. The van der Waals surface area contributed by atoms with Crippen molar-refractivity contribution in [2.45, 2.75) is 103 Å². The molecule has 29 heavy (non-hydrogen) atoms. The predicted molar refractivity (Wildman–Crippen MR) is 118 cm³/mol. The van der Waals surface area contributed by atoms with E-state index in [1.54, 1.807) is 0 Å². The second-order valence-corrected chi connectivity index (χ2v) is 10.5. The van der Waals surface area contributed by atoms with Gasteiger partial charge < -0.3 is 15.0 Å². The Labute approximate surface area is 178 Å².